The topological polar surface area (TPSA) is 252 Å². The maximum Gasteiger partial charge on any atom is 0.469 e. The largest absolute Gasteiger partial charge is 0.507 e. The predicted molar refractivity (Wildman–Crippen MR) is 233 cm³/mol. The van der Waals surface area contributed by atoms with Gasteiger partial charge in [0, 0.05) is 80.4 Å². The second-order valence-corrected chi connectivity index (χ2v) is 17.9. The summed E-state index contributed by atoms with van der Waals surface area (Å²) in [5, 5.41) is 62.8. The van der Waals surface area contributed by atoms with Crippen LogP contribution in [0.3, 0.4) is 0 Å². The van der Waals surface area contributed by atoms with Crippen LogP contribution in [0, 0.1) is 36.5 Å². The summed E-state index contributed by atoms with van der Waals surface area (Å²) in [7, 11) is -1.59. The fraction of sp³-hybridized carbons (Fsp3) is 0.651. The van der Waals surface area contributed by atoms with Gasteiger partial charge in [-0.1, -0.05) is 46.8 Å². The van der Waals surface area contributed by atoms with Crippen molar-refractivity contribution in [1.29, 1.82) is 0 Å². The van der Waals surface area contributed by atoms with Gasteiger partial charge >= 0.3 is 7.82 Å². The van der Waals surface area contributed by atoms with Crippen molar-refractivity contribution in [1.82, 2.24) is 15.3 Å². The summed E-state index contributed by atoms with van der Waals surface area (Å²) in [6, 6.07) is 1.66. The van der Waals surface area contributed by atoms with E-state index in [1.807, 2.05) is 12.1 Å². The number of nitrogens with one attached hydrogen (secondary N) is 2. The highest BCUT2D eigenvalue weighted by molar-refractivity contribution is 7.46. The van der Waals surface area contributed by atoms with E-state index in [-0.39, 0.29) is 58.7 Å². The SMILES string of the molecule is CCOc1c(C)c(O)c2c(O)c3c(CNN4CCN(C)CC4)cc2c1[C@H](O)O/C=C/[C@H](OC)[C@@H](C)[C@@H](O[C@@H](C)O)[C@@H](C)[C@H](O)[C@@H](C)[C@@H](OP(=O)(O)O)[C@H](C)/C=C/C[C@H](C)C(=O)N3. The minimum atomic E-state index is -5.07. The highest BCUT2D eigenvalue weighted by Crippen LogP contribution is 2.50. The van der Waals surface area contributed by atoms with Gasteiger partial charge in [-0.05, 0) is 51.9 Å². The molecule has 0 saturated carbocycles. The second kappa shape index (κ2) is 22.5. The fourth-order valence-corrected chi connectivity index (χ4v) is 9.04. The number of nitrogens with zero attached hydrogens (tertiary/aromatic N) is 2. The van der Waals surface area contributed by atoms with E-state index in [9.17, 15) is 44.7 Å². The molecule has 0 aromatic heterocycles. The molecule has 1 amide bonds. The number of fused-ring (bicyclic) bond motifs is 16. The fourth-order valence-electron chi connectivity index (χ4n) is 8.34. The number of carbonyl (C=O) groups is 1. The molecule has 2 aromatic carbocycles. The molecule has 9 N–H and O–H groups in total. The zero-order valence-corrected chi connectivity index (χ0v) is 38.4. The second-order valence-electron chi connectivity index (χ2n) is 16.7. The number of hydrogen-bond donors (Lipinski definition) is 9. The normalized spacial score (nSPS) is 30.8. The molecule has 11 atom stereocenters. The lowest BCUT2D eigenvalue weighted by Crippen LogP contribution is -2.50. The van der Waals surface area contributed by atoms with Crippen LogP contribution in [0.4, 0.5) is 5.69 Å². The van der Waals surface area contributed by atoms with E-state index >= 15 is 0 Å². The number of rotatable bonds is 10. The number of amides is 1. The summed E-state index contributed by atoms with van der Waals surface area (Å²) < 4.78 is 41.3. The number of carbonyl (C=O) groups excluding carboxylic acids is 1. The number of phenols is 2. The number of phosphoric ester groups is 1. The van der Waals surface area contributed by atoms with Crippen molar-refractivity contribution < 1.29 is 68.2 Å². The van der Waals surface area contributed by atoms with Gasteiger partial charge in [-0.3, -0.25) is 14.7 Å². The number of hydrogen-bond acceptors (Lipinski definition) is 15. The molecule has 3 aliphatic heterocycles. The van der Waals surface area contributed by atoms with Crippen molar-refractivity contribution >= 4 is 30.2 Å². The summed E-state index contributed by atoms with van der Waals surface area (Å²) in [6.07, 6.45) is -0.945. The molecule has 5 rings (SSSR count). The first-order valence-corrected chi connectivity index (χ1v) is 22.7. The highest BCUT2D eigenvalue weighted by Gasteiger charge is 2.41. The molecule has 0 unspecified atom stereocenters. The third-order valence-electron chi connectivity index (χ3n) is 12.0. The van der Waals surface area contributed by atoms with Gasteiger partial charge in [0.05, 0.1) is 53.9 Å². The Hall–Kier alpha value is -3.36. The summed E-state index contributed by atoms with van der Waals surface area (Å²) in [5.74, 6) is -4.75. The molecule has 2 aromatic rings. The molecule has 4 bridgehead atoms. The number of phenolic OH excluding ortho intramolecular Hbond substituents is 2. The molecule has 18 nitrogen and oxygen atoms in total. The molecule has 3 heterocycles. The Morgan fingerprint density at radius 2 is 1.65 bits per heavy atom. The van der Waals surface area contributed by atoms with Crippen LogP contribution in [0.1, 0.15) is 77.9 Å². The number of anilines is 1. The number of hydrazine groups is 1. The van der Waals surface area contributed by atoms with E-state index in [0.29, 0.717) is 18.7 Å². The van der Waals surface area contributed by atoms with Crippen LogP contribution in [0.15, 0.2) is 30.6 Å². The summed E-state index contributed by atoms with van der Waals surface area (Å²) in [6.45, 7) is 16.5. The van der Waals surface area contributed by atoms with Gasteiger partial charge in [0.15, 0.2) is 12.0 Å². The smallest absolute Gasteiger partial charge is 0.469 e. The Balaban J connectivity index is 1.93. The zero-order chi connectivity index (χ0) is 46.2. The number of piperazine rings is 1. The molecule has 62 heavy (non-hydrogen) atoms. The van der Waals surface area contributed by atoms with Gasteiger partial charge < -0.3 is 64.5 Å². The highest BCUT2D eigenvalue weighted by atomic mass is 31.2. The predicted octanol–water partition coefficient (Wildman–Crippen LogP) is 4.39. The molecule has 0 radical (unpaired) electrons. The van der Waals surface area contributed by atoms with Crippen molar-refractivity contribution in [2.75, 3.05) is 52.3 Å². The number of benzene rings is 2. The lowest BCUT2D eigenvalue weighted by molar-refractivity contribution is -0.182. The van der Waals surface area contributed by atoms with E-state index in [0.717, 1.165) is 13.1 Å². The Morgan fingerprint density at radius 3 is 2.24 bits per heavy atom. The Morgan fingerprint density at radius 1 is 1.00 bits per heavy atom. The van der Waals surface area contributed by atoms with Crippen LogP contribution in [-0.4, -0.2) is 129 Å². The van der Waals surface area contributed by atoms with Gasteiger partial charge in [-0.15, -0.1) is 0 Å². The van der Waals surface area contributed by atoms with E-state index < -0.39 is 86.1 Å². The summed E-state index contributed by atoms with van der Waals surface area (Å²) in [4.78, 5) is 36.0. The Bertz CT molecular complexity index is 1920. The Labute approximate surface area is 364 Å². The molecule has 3 aliphatic rings. The van der Waals surface area contributed by atoms with Crippen LogP contribution >= 0.6 is 7.82 Å². The van der Waals surface area contributed by atoms with Gasteiger partial charge in [0.25, 0.3) is 0 Å². The summed E-state index contributed by atoms with van der Waals surface area (Å²) >= 11 is 0. The number of aliphatic hydroxyl groups excluding tert-OH is 3. The van der Waals surface area contributed by atoms with Crippen molar-refractivity contribution in [3.8, 4) is 17.2 Å². The lowest BCUT2D eigenvalue weighted by atomic mass is 9.78. The van der Waals surface area contributed by atoms with Crippen LogP contribution in [-0.2, 0) is 34.6 Å². The number of phosphoric acid groups is 1. The average molecular weight is 897 g/mol. The van der Waals surface area contributed by atoms with Gasteiger partial charge in [0.2, 0.25) is 12.2 Å². The molecule has 0 aliphatic carbocycles. The van der Waals surface area contributed by atoms with E-state index in [4.69, 9.17) is 23.5 Å². The van der Waals surface area contributed by atoms with Crippen molar-refractivity contribution in [3.63, 3.8) is 0 Å². The number of methoxy groups -OCH3 is 1. The lowest BCUT2D eigenvalue weighted by Gasteiger charge is -2.39. The number of aliphatic hydroxyl groups is 3. The van der Waals surface area contributed by atoms with Gasteiger partial charge in [-0.25, -0.2) is 9.57 Å². The quantitative estimate of drug-likeness (QED) is 0.0694. The molecule has 19 heteroatoms. The third kappa shape index (κ3) is 12.7. The maximum absolute atomic E-state index is 13.9. The van der Waals surface area contributed by atoms with Crippen molar-refractivity contribution in [3.05, 3.63) is 47.2 Å². The van der Waals surface area contributed by atoms with Crippen molar-refractivity contribution in [2.24, 2.45) is 29.6 Å². The molecular formula is C43H69N4O14P. The number of allylic oxidation sites excluding steroid dienone is 1. The van der Waals surface area contributed by atoms with E-state index in [1.165, 1.54) is 26.4 Å². The number of ether oxygens (including phenoxy) is 4. The minimum Gasteiger partial charge on any atom is -0.507 e. The molecule has 350 valence electrons. The first kappa shape index (κ1) is 51.3. The van der Waals surface area contributed by atoms with Crippen molar-refractivity contribution in [2.45, 2.75) is 105 Å². The molecular weight excluding hydrogens is 827 g/mol. The average Bonchev–Trinajstić information content (AvgIpc) is 3.21. The molecule has 1 fully saturated rings. The zero-order valence-electron chi connectivity index (χ0n) is 37.5. The Kier molecular flexibility index (Phi) is 18.6. The van der Waals surface area contributed by atoms with Gasteiger partial charge in [0.1, 0.15) is 11.5 Å². The first-order valence-electron chi connectivity index (χ1n) is 21.2. The van der Waals surface area contributed by atoms with Crippen LogP contribution in [0.25, 0.3) is 10.8 Å². The minimum absolute atomic E-state index is 0.0461. The van der Waals surface area contributed by atoms with Crippen LogP contribution in [0.2, 0.25) is 0 Å². The monoisotopic (exact) mass is 896 g/mol. The molecule has 0 spiro atoms. The third-order valence-corrected chi connectivity index (χ3v) is 12.6. The summed E-state index contributed by atoms with van der Waals surface area (Å²) in [5.41, 5.74) is 4.19. The van der Waals surface area contributed by atoms with Gasteiger partial charge in [-0.2, -0.15) is 0 Å². The molecule has 1 saturated heterocycles. The van der Waals surface area contributed by atoms with E-state index in [2.05, 4.69) is 15.6 Å². The van der Waals surface area contributed by atoms with Crippen LogP contribution < -0.4 is 15.5 Å². The van der Waals surface area contributed by atoms with Crippen LogP contribution in [0.5, 0.6) is 17.2 Å². The van der Waals surface area contributed by atoms with E-state index in [1.54, 1.807) is 66.7 Å². The number of aromatic hydroxyl groups is 2. The maximum atomic E-state index is 13.9. The standard InChI is InChI=1S/C43H69N4O14P/c1-11-58-41-28(7)37(50)33-31-21-30(22-44-47-18-16-46(9)17-19-47)35(38(33)51)45-42(52)24(3)14-12-13-23(2)39(61-62(54,55)56)26(5)36(49)27(6)40(60-29(8)48)25(4)32(57-10)15-20-59-43(53)34(31)41/h12-13,15,20-21,23-27,29,32,36,39-40,43-44,48-51,53H,11,14,16-19,22H2,1-10H3,(H,45,52)(H2,54,55,56)/b13-12+,20-15+/t23-,24+,25-,26-,27+,29+,32+,36-,39+,40-,43-/m1/s1. The number of likely N-dealkylation sites (N-methyl/N-ethyl adjacent to an activating group) is 1. The first-order chi connectivity index (χ1) is 29.1.